The molecule has 3 nitrogen and oxygen atoms in total. The molecule has 1 aromatic heterocycles. The van der Waals surface area contributed by atoms with Gasteiger partial charge in [0.1, 0.15) is 17.2 Å². The fraction of sp³-hybridized carbons (Fsp3) is 0.538. The van der Waals surface area contributed by atoms with Crippen LogP contribution in [0.3, 0.4) is 0 Å². The zero-order chi connectivity index (χ0) is 12.3. The molecule has 0 aliphatic carbocycles. The maximum absolute atomic E-state index is 9.09. The van der Waals surface area contributed by atoms with Crippen molar-refractivity contribution in [2.75, 3.05) is 0 Å². The number of ether oxygens (including phenoxy) is 1. The Balaban J connectivity index is 3.18. The molecule has 3 heteroatoms. The Bertz CT molecular complexity index is 430. The Kier molecular flexibility index (Phi) is 3.54. The van der Waals surface area contributed by atoms with Gasteiger partial charge in [-0.2, -0.15) is 5.26 Å². The summed E-state index contributed by atoms with van der Waals surface area (Å²) < 4.78 is 5.80. The van der Waals surface area contributed by atoms with Crippen molar-refractivity contribution in [2.24, 2.45) is 0 Å². The highest BCUT2D eigenvalue weighted by molar-refractivity contribution is 5.45. The third-order valence-corrected chi connectivity index (χ3v) is 2.65. The molecule has 0 aliphatic rings. The smallest absolute Gasteiger partial charge is 0.232 e. The van der Waals surface area contributed by atoms with Crippen molar-refractivity contribution in [2.45, 2.75) is 46.6 Å². The largest absolute Gasteiger partial charge is 0.471 e. The van der Waals surface area contributed by atoms with E-state index in [1.165, 1.54) is 0 Å². The van der Waals surface area contributed by atoms with Gasteiger partial charge in [-0.1, -0.05) is 6.92 Å². The first-order valence-electron chi connectivity index (χ1n) is 5.47. The molecule has 0 amide bonds. The van der Waals surface area contributed by atoms with Gasteiger partial charge in [0.25, 0.3) is 0 Å². The third kappa shape index (κ3) is 2.73. The zero-order valence-electron chi connectivity index (χ0n) is 10.6. The summed E-state index contributed by atoms with van der Waals surface area (Å²) in [7, 11) is 0. The second-order valence-corrected chi connectivity index (χ2v) is 4.59. The molecule has 0 saturated carbocycles. The first kappa shape index (κ1) is 12.5. The highest BCUT2D eigenvalue weighted by Crippen LogP contribution is 2.25. The average molecular weight is 218 g/mol. The highest BCUT2D eigenvalue weighted by atomic mass is 16.5. The summed E-state index contributed by atoms with van der Waals surface area (Å²) in [6.07, 6.45) is 0.868. The molecular weight excluding hydrogens is 200 g/mol. The maximum Gasteiger partial charge on any atom is 0.232 e. The molecule has 0 radical (unpaired) electrons. The van der Waals surface area contributed by atoms with Gasteiger partial charge in [0.2, 0.25) is 5.88 Å². The fourth-order valence-corrected chi connectivity index (χ4v) is 1.35. The Labute approximate surface area is 97.1 Å². The molecule has 1 heterocycles. The van der Waals surface area contributed by atoms with Crippen LogP contribution in [-0.4, -0.2) is 10.6 Å². The van der Waals surface area contributed by atoms with Crippen molar-refractivity contribution >= 4 is 0 Å². The van der Waals surface area contributed by atoms with Gasteiger partial charge in [0.05, 0.1) is 0 Å². The molecule has 86 valence electrons. The quantitative estimate of drug-likeness (QED) is 0.783. The highest BCUT2D eigenvalue weighted by Gasteiger charge is 2.20. The molecule has 0 fully saturated rings. The lowest BCUT2D eigenvalue weighted by molar-refractivity contribution is 0.0983. The number of aryl methyl sites for hydroxylation is 2. The van der Waals surface area contributed by atoms with E-state index in [4.69, 9.17) is 10.00 Å². The van der Waals surface area contributed by atoms with Crippen LogP contribution in [-0.2, 0) is 0 Å². The van der Waals surface area contributed by atoms with E-state index in [1.54, 1.807) is 0 Å². The minimum Gasteiger partial charge on any atom is -0.471 e. The molecule has 0 spiro atoms. The van der Waals surface area contributed by atoms with Crippen molar-refractivity contribution in [1.82, 2.24) is 4.98 Å². The van der Waals surface area contributed by atoms with Crippen LogP contribution in [0.4, 0.5) is 0 Å². The van der Waals surface area contributed by atoms with Crippen molar-refractivity contribution in [1.29, 1.82) is 5.26 Å². The van der Waals surface area contributed by atoms with Crippen molar-refractivity contribution in [3.63, 3.8) is 0 Å². The van der Waals surface area contributed by atoms with Crippen LogP contribution >= 0.6 is 0 Å². The number of hydrogen-bond acceptors (Lipinski definition) is 3. The van der Waals surface area contributed by atoms with Gasteiger partial charge in [-0.15, -0.1) is 0 Å². The van der Waals surface area contributed by atoms with E-state index in [9.17, 15) is 0 Å². The summed E-state index contributed by atoms with van der Waals surface area (Å²) in [5.74, 6) is 0.451. The van der Waals surface area contributed by atoms with Crippen molar-refractivity contribution < 1.29 is 4.74 Å². The summed E-state index contributed by atoms with van der Waals surface area (Å²) >= 11 is 0. The van der Waals surface area contributed by atoms with Crippen LogP contribution in [0.25, 0.3) is 0 Å². The van der Waals surface area contributed by atoms with Crippen molar-refractivity contribution in [3.05, 3.63) is 22.9 Å². The SMILES string of the molecule is CCC(C)(C)Oc1nc(C)cc(C)c1C#N. The minimum absolute atomic E-state index is 0.293. The van der Waals surface area contributed by atoms with Gasteiger partial charge in [-0.25, -0.2) is 4.98 Å². The normalized spacial score (nSPS) is 11.0. The van der Waals surface area contributed by atoms with Gasteiger partial charge in [-0.3, -0.25) is 0 Å². The second kappa shape index (κ2) is 4.52. The van der Waals surface area contributed by atoms with Crippen LogP contribution in [0.1, 0.15) is 44.0 Å². The number of nitrogens with zero attached hydrogens (tertiary/aromatic N) is 2. The van der Waals surface area contributed by atoms with Gasteiger partial charge in [0, 0.05) is 5.69 Å². The molecule has 0 saturated heterocycles. The lowest BCUT2D eigenvalue weighted by atomic mass is 10.1. The van der Waals surface area contributed by atoms with Gasteiger partial charge >= 0.3 is 0 Å². The van der Waals surface area contributed by atoms with E-state index < -0.39 is 0 Å². The molecule has 1 aromatic rings. The molecule has 0 aromatic carbocycles. The molecule has 0 N–H and O–H groups in total. The monoisotopic (exact) mass is 218 g/mol. The summed E-state index contributed by atoms with van der Waals surface area (Å²) in [4.78, 5) is 4.29. The number of nitriles is 1. The molecule has 0 atom stereocenters. The van der Waals surface area contributed by atoms with Gasteiger partial charge in [-0.05, 0) is 45.7 Å². The predicted molar refractivity (Wildman–Crippen MR) is 63.4 cm³/mol. The lowest BCUT2D eigenvalue weighted by Crippen LogP contribution is -2.28. The Hall–Kier alpha value is -1.56. The van der Waals surface area contributed by atoms with Crippen LogP contribution in [0.15, 0.2) is 6.07 Å². The molecular formula is C13H18N2O. The molecule has 0 bridgehead atoms. The fourth-order valence-electron chi connectivity index (χ4n) is 1.35. The summed E-state index contributed by atoms with van der Waals surface area (Å²) in [5, 5.41) is 9.09. The van der Waals surface area contributed by atoms with Crippen LogP contribution < -0.4 is 4.74 Å². The second-order valence-electron chi connectivity index (χ2n) is 4.59. The molecule has 0 aliphatic heterocycles. The van der Waals surface area contributed by atoms with E-state index in [0.29, 0.717) is 11.4 Å². The lowest BCUT2D eigenvalue weighted by Gasteiger charge is -2.25. The minimum atomic E-state index is -0.293. The van der Waals surface area contributed by atoms with Gasteiger partial charge in [0.15, 0.2) is 0 Å². The number of hydrogen-bond donors (Lipinski definition) is 0. The van der Waals surface area contributed by atoms with Crippen LogP contribution in [0, 0.1) is 25.2 Å². The average Bonchev–Trinajstić information content (AvgIpc) is 2.16. The standard InChI is InChI=1S/C13H18N2O/c1-6-13(4,5)16-12-11(8-14)9(2)7-10(3)15-12/h7H,6H2,1-5H3. The third-order valence-electron chi connectivity index (χ3n) is 2.65. The van der Waals surface area contributed by atoms with E-state index in [0.717, 1.165) is 17.7 Å². The number of aromatic nitrogens is 1. The Morgan fingerprint density at radius 3 is 2.56 bits per heavy atom. The summed E-state index contributed by atoms with van der Waals surface area (Å²) in [6, 6.07) is 4.04. The van der Waals surface area contributed by atoms with Gasteiger partial charge < -0.3 is 4.74 Å². The summed E-state index contributed by atoms with van der Waals surface area (Å²) in [5.41, 5.74) is 2.03. The topological polar surface area (TPSA) is 45.9 Å². The molecule has 16 heavy (non-hydrogen) atoms. The zero-order valence-corrected chi connectivity index (χ0v) is 10.6. The van der Waals surface area contributed by atoms with Crippen LogP contribution in [0.2, 0.25) is 0 Å². The van der Waals surface area contributed by atoms with E-state index in [-0.39, 0.29) is 5.60 Å². The van der Waals surface area contributed by atoms with E-state index >= 15 is 0 Å². The number of rotatable bonds is 3. The first-order valence-corrected chi connectivity index (χ1v) is 5.47. The predicted octanol–water partition coefficient (Wildman–Crippen LogP) is 3.14. The molecule has 0 unspecified atom stereocenters. The summed E-state index contributed by atoms with van der Waals surface area (Å²) in [6.45, 7) is 9.84. The molecule has 1 rings (SSSR count). The van der Waals surface area contributed by atoms with Crippen molar-refractivity contribution in [3.8, 4) is 11.9 Å². The van der Waals surface area contributed by atoms with Crippen LogP contribution in [0.5, 0.6) is 5.88 Å². The van der Waals surface area contributed by atoms with E-state index in [2.05, 4.69) is 18.0 Å². The maximum atomic E-state index is 9.09. The van der Waals surface area contributed by atoms with E-state index in [1.807, 2.05) is 33.8 Å². The number of pyridine rings is 1. The Morgan fingerprint density at radius 1 is 1.44 bits per heavy atom. The first-order chi connectivity index (χ1) is 7.39. The Morgan fingerprint density at radius 2 is 2.06 bits per heavy atom.